The number of hydrogen-bond donors (Lipinski definition) is 2. The van der Waals surface area contributed by atoms with Gasteiger partial charge in [-0.1, -0.05) is 17.7 Å². The molecule has 2 atom stereocenters. The zero-order chi connectivity index (χ0) is 19.2. The average Bonchev–Trinajstić information content (AvgIpc) is 2.48. The van der Waals surface area contributed by atoms with E-state index >= 15 is 0 Å². The van der Waals surface area contributed by atoms with Crippen LogP contribution in [0.1, 0.15) is 39.7 Å². The standard InChI is InChI=1S/C18H26ClNO5/c1-11-6-7-13(19)15(10-11)25-12(2)16(21)20-14(17(22)23)8-9-24-18(3,4)5/h6-7,10,12,14H,8-9H2,1-5H3,(H,20,21)(H,22,23). The molecular formula is C18H26ClNO5. The van der Waals surface area contributed by atoms with Crippen LogP contribution in [-0.4, -0.2) is 41.3 Å². The molecule has 140 valence electrons. The number of carboxylic acids is 1. The van der Waals surface area contributed by atoms with Gasteiger partial charge in [-0.15, -0.1) is 0 Å². The van der Waals surface area contributed by atoms with Gasteiger partial charge in [-0.25, -0.2) is 4.79 Å². The number of carbonyl (C=O) groups is 2. The van der Waals surface area contributed by atoms with Gasteiger partial charge in [-0.2, -0.15) is 0 Å². The molecule has 0 aliphatic heterocycles. The predicted molar refractivity (Wildman–Crippen MR) is 96.2 cm³/mol. The Morgan fingerprint density at radius 3 is 2.52 bits per heavy atom. The molecule has 2 N–H and O–H groups in total. The van der Waals surface area contributed by atoms with Crippen molar-refractivity contribution < 1.29 is 24.2 Å². The maximum absolute atomic E-state index is 12.2. The average molecular weight is 372 g/mol. The first-order chi connectivity index (χ1) is 11.5. The van der Waals surface area contributed by atoms with E-state index < -0.39 is 24.0 Å². The normalized spacial score (nSPS) is 13.8. The van der Waals surface area contributed by atoms with Gasteiger partial charge in [0.2, 0.25) is 0 Å². The molecule has 0 heterocycles. The Balaban J connectivity index is 2.63. The first-order valence-electron chi connectivity index (χ1n) is 8.09. The molecule has 7 heteroatoms. The zero-order valence-electron chi connectivity index (χ0n) is 15.3. The molecule has 0 fully saturated rings. The Morgan fingerprint density at radius 1 is 1.32 bits per heavy atom. The number of amides is 1. The van der Waals surface area contributed by atoms with Crippen LogP contribution in [0.25, 0.3) is 0 Å². The first-order valence-corrected chi connectivity index (χ1v) is 8.47. The van der Waals surface area contributed by atoms with E-state index in [1.807, 2.05) is 33.8 Å². The van der Waals surface area contributed by atoms with E-state index in [-0.39, 0.29) is 18.6 Å². The number of carbonyl (C=O) groups excluding carboxylic acids is 1. The van der Waals surface area contributed by atoms with Crippen LogP contribution >= 0.6 is 11.6 Å². The molecule has 0 radical (unpaired) electrons. The second-order valence-electron chi connectivity index (χ2n) is 6.84. The molecule has 0 saturated carbocycles. The van der Waals surface area contributed by atoms with Gasteiger partial charge in [0, 0.05) is 13.0 Å². The molecular weight excluding hydrogens is 346 g/mol. The molecule has 0 aliphatic rings. The number of aliphatic carboxylic acids is 1. The van der Waals surface area contributed by atoms with Crippen molar-refractivity contribution in [3.63, 3.8) is 0 Å². The van der Waals surface area contributed by atoms with Crippen LogP contribution in [0.4, 0.5) is 0 Å². The number of ether oxygens (including phenoxy) is 2. The SMILES string of the molecule is Cc1ccc(Cl)c(OC(C)C(=O)NC(CCOC(C)(C)C)C(=O)O)c1. The quantitative estimate of drug-likeness (QED) is 0.733. The van der Waals surface area contributed by atoms with Crippen molar-refractivity contribution in [1.29, 1.82) is 0 Å². The summed E-state index contributed by atoms with van der Waals surface area (Å²) in [6, 6.07) is 4.18. The Labute approximate surface area is 153 Å². The summed E-state index contributed by atoms with van der Waals surface area (Å²) in [6.07, 6.45) is -0.722. The Hall–Kier alpha value is -1.79. The summed E-state index contributed by atoms with van der Waals surface area (Å²) in [5.74, 6) is -1.26. The summed E-state index contributed by atoms with van der Waals surface area (Å²) in [5, 5.41) is 12.1. The number of halogens is 1. The monoisotopic (exact) mass is 371 g/mol. The van der Waals surface area contributed by atoms with Crippen LogP contribution in [-0.2, 0) is 14.3 Å². The Kier molecular flexibility index (Phi) is 7.70. The lowest BCUT2D eigenvalue weighted by atomic mass is 10.1. The summed E-state index contributed by atoms with van der Waals surface area (Å²) < 4.78 is 11.1. The van der Waals surface area contributed by atoms with Crippen molar-refractivity contribution in [1.82, 2.24) is 5.32 Å². The molecule has 0 spiro atoms. The van der Waals surface area contributed by atoms with Gasteiger partial charge in [0.25, 0.3) is 5.91 Å². The van der Waals surface area contributed by atoms with E-state index in [9.17, 15) is 14.7 Å². The van der Waals surface area contributed by atoms with Crippen molar-refractivity contribution >= 4 is 23.5 Å². The Bertz CT molecular complexity index is 612. The summed E-state index contributed by atoms with van der Waals surface area (Å²) in [6.45, 7) is 9.27. The fraction of sp³-hybridized carbons (Fsp3) is 0.556. The summed E-state index contributed by atoms with van der Waals surface area (Å²) >= 11 is 6.05. The van der Waals surface area contributed by atoms with Crippen LogP contribution < -0.4 is 10.1 Å². The largest absolute Gasteiger partial charge is 0.480 e. The lowest BCUT2D eigenvalue weighted by Crippen LogP contribution is -2.47. The van der Waals surface area contributed by atoms with Crippen molar-refractivity contribution in [2.45, 2.75) is 58.8 Å². The molecule has 1 aromatic carbocycles. The predicted octanol–water partition coefficient (Wildman–Crippen LogP) is 3.19. The van der Waals surface area contributed by atoms with E-state index in [0.717, 1.165) is 5.56 Å². The highest BCUT2D eigenvalue weighted by atomic mass is 35.5. The van der Waals surface area contributed by atoms with Gasteiger partial charge in [0.05, 0.1) is 10.6 Å². The van der Waals surface area contributed by atoms with Crippen LogP contribution in [0, 0.1) is 6.92 Å². The fourth-order valence-electron chi connectivity index (χ4n) is 1.97. The lowest BCUT2D eigenvalue weighted by Gasteiger charge is -2.22. The highest BCUT2D eigenvalue weighted by Gasteiger charge is 2.25. The van der Waals surface area contributed by atoms with Crippen LogP contribution in [0.15, 0.2) is 18.2 Å². The van der Waals surface area contributed by atoms with Crippen molar-refractivity contribution in [2.75, 3.05) is 6.61 Å². The lowest BCUT2D eigenvalue weighted by molar-refractivity contribution is -0.143. The third kappa shape index (κ3) is 7.75. The third-order valence-electron chi connectivity index (χ3n) is 3.32. The smallest absolute Gasteiger partial charge is 0.326 e. The molecule has 0 saturated heterocycles. The second kappa shape index (κ2) is 9.06. The van der Waals surface area contributed by atoms with Gasteiger partial charge in [-0.05, 0) is 52.3 Å². The maximum atomic E-state index is 12.2. The minimum Gasteiger partial charge on any atom is -0.480 e. The van der Waals surface area contributed by atoms with Gasteiger partial charge in [0.1, 0.15) is 11.8 Å². The second-order valence-corrected chi connectivity index (χ2v) is 7.25. The van der Waals surface area contributed by atoms with Crippen molar-refractivity contribution in [3.05, 3.63) is 28.8 Å². The third-order valence-corrected chi connectivity index (χ3v) is 3.63. The number of carboxylic acid groups (broad SMARTS) is 1. The molecule has 6 nitrogen and oxygen atoms in total. The van der Waals surface area contributed by atoms with E-state index in [2.05, 4.69) is 5.32 Å². The number of hydrogen-bond acceptors (Lipinski definition) is 4. The van der Waals surface area contributed by atoms with Gasteiger partial charge < -0.3 is 19.9 Å². The van der Waals surface area contributed by atoms with Gasteiger partial charge >= 0.3 is 5.97 Å². The first kappa shape index (κ1) is 21.3. The maximum Gasteiger partial charge on any atom is 0.326 e. The van der Waals surface area contributed by atoms with Crippen molar-refractivity contribution in [2.24, 2.45) is 0 Å². The highest BCUT2D eigenvalue weighted by molar-refractivity contribution is 6.32. The summed E-state index contributed by atoms with van der Waals surface area (Å²) in [7, 11) is 0. The number of aryl methyl sites for hydroxylation is 1. The zero-order valence-corrected chi connectivity index (χ0v) is 16.0. The van der Waals surface area contributed by atoms with Gasteiger partial charge in [-0.3, -0.25) is 4.79 Å². The minimum atomic E-state index is -1.12. The van der Waals surface area contributed by atoms with Crippen LogP contribution in [0.2, 0.25) is 5.02 Å². The fourth-order valence-corrected chi connectivity index (χ4v) is 2.14. The van der Waals surface area contributed by atoms with Crippen LogP contribution in [0.3, 0.4) is 0 Å². The van der Waals surface area contributed by atoms with E-state index in [1.54, 1.807) is 19.1 Å². The van der Waals surface area contributed by atoms with E-state index in [4.69, 9.17) is 21.1 Å². The molecule has 0 aromatic heterocycles. The highest BCUT2D eigenvalue weighted by Crippen LogP contribution is 2.26. The summed E-state index contributed by atoms with van der Waals surface area (Å²) in [5.41, 5.74) is 0.570. The number of rotatable bonds is 8. The number of benzene rings is 1. The minimum absolute atomic E-state index is 0.163. The number of nitrogens with one attached hydrogen (secondary N) is 1. The topological polar surface area (TPSA) is 84.9 Å². The van der Waals surface area contributed by atoms with Crippen LogP contribution in [0.5, 0.6) is 5.75 Å². The molecule has 0 bridgehead atoms. The Morgan fingerprint density at radius 2 is 1.96 bits per heavy atom. The molecule has 1 rings (SSSR count). The molecule has 25 heavy (non-hydrogen) atoms. The molecule has 2 unspecified atom stereocenters. The van der Waals surface area contributed by atoms with E-state index in [1.165, 1.54) is 0 Å². The molecule has 0 aliphatic carbocycles. The van der Waals surface area contributed by atoms with E-state index in [0.29, 0.717) is 10.8 Å². The van der Waals surface area contributed by atoms with Gasteiger partial charge in [0.15, 0.2) is 6.10 Å². The molecule has 1 amide bonds. The van der Waals surface area contributed by atoms with Crippen molar-refractivity contribution in [3.8, 4) is 5.75 Å². The summed E-state index contributed by atoms with van der Waals surface area (Å²) in [4.78, 5) is 23.6. The molecule has 1 aromatic rings.